The van der Waals surface area contributed by atoms with Gasteiger partial charge in [-0.1, -0.05) is 11.2 Å². The average Bonchev–Trinajstić information content (AvgIpc) is 2.97. The fraction of sp³-hybridized carbons (Fsp3) is 0.600. The van der Waals surface area contributed by atoms with Crippen molar-refractivity contribution in [2.75, 3.05) is 32.8 Å². The molecule has 4 heterocycles. The highest BCUT2D eigenvalue weighted by molar-refractivity contribution is 5.20. The van der Waals surface area contributed by atoms with Crippen LogP contribution in [0.2, 0.25) is 0 Å². The molecule has 2 fully saturated rings. The first-order valence-corrected chi connectivity index (χ1v) is 9.54. The molecule has 1 spiro atoms. The van der Waals surface area contributed by atoms with Gasteiger partial charge in [-0.05, 0) is 38.8 Å². The lowest BCUT2D eigenvalue weighted by Crippen LogP contribution is -2.56. The second-order valence-electron chi connectivity index (χ2n) is 7.64. The van der Waals surface area contributed by atoms with Gasteiger partial charge in [0, 0.05) is 51.0 Å². The Morgan fingerprint density at radius 2 is 1.92 bits per heavy atom. The molecular formula is C20H28N4O2. The highest BCUT2D eigenvalue weighted by Gasteiger charge is 2.39. The normalized spacial score (nSPS) is 21.3. The number of ether oxygens (including phenoxy) is 1. The molecule has 2 aliphatic heterocycles. The molecule has 140 valence electrons. The van der Waals surface area contributed by atoms with Crippen LogP contribution in [0, 0.1) is 13.8 Å². The van der Waals surface area contributed by atoms with Gasteiger partial charge in [-0.3, -0.25) is 14.8 Å². The number of pyridine rings is 1. The van der Waals surface area contributed by atoms with Crippen molar-refractivity contribution in [1.29, 1.82) is 0 Å². The van der Waals surface area contributed by atoms with Gasteiger partial charge in [-0.25, -0.2) is 0 Å². The molecule has 0 unspecified atom stereocenters. The van der Waals surface area contributed by atoms with E-state index in [1.165, 1.54) is 5.56 Å². The van der Waals surface area contributed by atoms with Crippen LogP contribution in [-0.4, -0.2) is 58.3 Å². The van der Waals surface area contributed by atoms with Crippen LogP contribution in [0.3, 0.4) is 0 Å². The van der Waals surface area contributed by atoms with E-state index < -0.39 is 0 Å². The summed E-state index contributed by atoms with van der Waals surface area (Å²) in [5.41, 5.74) is 3.39. The number of nitrogens with zero attached hydrogens (tertiary/aromatic N) is 4. The number of hydrogen-bond donors (Lipinski definition) is 0. The summed E-state index contributed by atoms with van der Waals surface area (Å²) in [5.74, 6) is 0.943. The summed E-state index contributed by atoms with van der Waals surface area (Å²) in [7, 11) is 0. The second-order valence-corrected chi connectivity index (χ2v) is 7.64. The summed E-state index contributed by atoms with van der Waals surface area (Å²) in [6.07, 6.45) is 4.03. The minimum atomic E-state index is 0.00225. The van der Waals surface area contributed by atoms with E-state index in [-0.39, 0.29) is 5.60 Å². The van der Waals surface area contributed by atoms with Crippen LogP contribution >= 0.6 is 0 Å². The first-order chi connectivity index (χ1) is 12.6. The Morgan fingerprint density at radius 3 is 2.62 bits per heavy atom. The van der Waals surface area contributed by atoms with Gasteiger partial charge < -0.3 is 9.26 Å². The van der Waals surface area contributed by atoms with Gasteiger partial charge >= 0.3 is 0 Å². The average molecular weight is 356 g/mol. The lowest BCUT2D eigenvalue weighted by Gasteiger charge is -2.47. The molecule has 0 amide bonds. The maximum Gasteiger partial charge on any atom is 0.138 e. The predicted molar refractivity (Wildman–Crippen MR) is 98.7 cm³/mol. The lowest BCUT2D eigenvalue weighted by molar-refractivity contribution is -0.138. The van der Waals surface area contributed by atoms with E-state index >= 15 is 0 Å². The predicted octanol–water partition coefficient (Wildman–Crippen LogP) is 2.55. The summed E-state index contributed by atoms with van der Waals surface area (Å²) in [5, 5.41) is 4.08. The number of rotatable bonds is 4. The molecule has 26 heavy (non-hydrogen) atoms. The van der Waals surface area contributed by atoms with Crippen LogP contribution < -0.4 is 0 Å². The Bertz CT molecular complexity index is 703. The Balaban J connectivity index is 1.34. The summed E-state index contributed by atoms with van der Waals surface area (Å²) in [6.45, 7) is 10.8. The van der Waals surface area contributed by atoms with Gasteiger partial charge in [0.2, 0.25) is 0 Å². The number of piperidine rings is 1. The van der Waals surface area contributed by atoms with E-state index in [0.29, 0.717) is 0 Å². The highest BCUT2D eigenvalue weighted by Crippen LogP contribution is 2.31. The molecule has 2 aromatic heterocycles. The number of morpholine rings is 1. The van der Waals surface area contributed by atoms with Crippen molar-refractivity contribution in [2.24, 2.45) is 0 Å². The number of hydrogen-bond acceptors (Lipinski definition) is 6. The Kier molecular flexibility index (Phi) is 5.07. The van der Waals surface area contributed by atoms with E-state index in [2.05, 4.69) is 32.1 Å². The molecule has 0 bridgehead atoms. The van der Waals surface area contributed by atoms with Crippen molar-refractivity contribution in [3.05, 3.63) is 47.1 Å². The van der Waals surface area contributed by atoms with Crippen molar-refractivity contribution in [2.45, 2.75) is 45.4 Å². The number of aryl methyl sites for hydroxylation is 2. The first-order valence-electron chi connectivity index (χ1n) is 9.54. The smallest absolute Gasteiger partial charge is 0.138 e. The molecular weight excluding hydrogens is 328 g/mol. The molecule has 0 atom stereocenters. The van der Waals surface area contributed by atoms with Crippen molar-refractivity contribution >= 4 is 0 Å². The van der Waals surface area contributed by atoms with Crippen LogP contribution in [-0.2, 0) is 17.8 Å². The molecule has 0 saturated carbocycles. The molecule has 2 aromatic rings. The van der Waals surface area contributed by atoms with Gasteiger partial charge in [-0.2, -0.15) is 0 Å². The fourth-order valence-electron chi connectivity index (χ4n) is 4.15. The molecule has 6 nitrogen and oxygen atoms in total. The van der Waals surface area contributed by atoms with E-state index in [9.17, 15) is 0 Å². The van der Waals surface area contributed by atoms with Crippen molar-refractivity contribution in [3.63, 3.8) is 0 Å². The third-order valence-corrected chi connectivity index (χ3v) is 5.77. The van der Waals surface area contributed by atoms with E-state index in [1.54, 1.807) is 0 Å². The van der Waals surface area contributed by atoms with Crippen LogP contribution in [0.5, 0.6) is 0 Å². The van der Waals surface area contributed by atoms with Gasteiger partial charge in [0.15, 0.2) is 0 Å². The summed E-state index contributed by atoms with van der Waals surface area (Å²) in [6, 6.07) is 6.14. The summed E-state index contributed by atoms with van der Waals surface area (Å²) in [4.78, 5) is 9.47. The Morgan fingerprint density at radius 1 is 1.08 bits per heavy atom. The van der Waals surface area contributed by atoms with Crippen LogP contribution in [0.15, 0.2) is 28.9 Å². The largest absolute Gasteiger partial charge is 0.372 e. The SMILES string of the molecule is Cc1noc(C)c1CN1CCC2(CC1)CN(Cc1ccccn1)CCO2. The van der Waals surface area contributed by atoms with Crippen LogP contribution in [0.4, 0.5) is 0 Å². The van der Waals surface area contributed by atoms with Crippen molar-refractivity contribution in [1.82, 2.24) is 19.9 Å². The molecule has 0 aliphatic carbocycles. The van der Waals surface area contributed by atoms with Crippen LogP contribution in [0.25, 0.3) is 0 Å². The Labute approximate surface area is 155 Å². The lowest BCUT2D eigenvalue weighted by atomic mass is 9.89. The van der Waals surface area contributed by atoms with E-state index in [0.717, 1.165) is 75.9 Å². The highest BCUT2D eigenvalue weighted by atomic mass is 16.5. The zero-order valence-electron chi connectivity index (χ0n) is 15.8. The molecule has 0 N–H and O–H groups in total. The van der Waals surface area contributed by atoms with E-state index in [1.807, 2.05) is 26.1 Å². The molecule has 4 rings (SSSR count). The number of aromatic nitrogens is 2. The maximum absolute atomic E-state index is 6.29. The molecule has 6 heteroatoms. The summed E-state index contributed by atoms with van der Waals surface area (Å²) >= 11 is 0. The second kappa shape index (κ2) is 7.47. The van der Waals surface area contributed by atoms with Crippen molar-refractivity contribution in [3.8, 4) is 0 Å². The maximum atomic E-state index is 6.29. The minimum absolute atomic E-state index is 0.00225. The van der Waals surface area contributed by atoms with Gasteiger partial charge in [0.25, 0.3) is 0 Å². The molecule has 2 aliphatic rings. The minimum Gasteiger partial charge on any atom is -0.372 e. The van der Waals surface area contributed by atoms with Gasteiger partial charge in [0.1, 0.15) is 5.76 Å². The van der Waals surface area contributed by atoms with Crippen molar-refractivity contribution < 1.29 is 9.26 Å². The molecule has 0 aromatic carbocycles. The number of likely N-dealkylation sites (tertiary alicyclic amines) is 1. The van der Waals surface area contributed by atoms with Gasteiger partial charge in [-0.15, -0.1) is 0 Å². The third-order valence-electron chi connectivity index (χ3n) is 5.77. The van der Waals surface area contributed by atoms with E-state index in [4.69, 9.17) is 9.26 Å². The molecule has 2 saturated heterocycles. The topological polar surface area (TPSA) is 54.6 Å². The monoisotopic (exact) mass is 356 g/mol. The first kappa shape index (κ1) is 17.6. The summed E-state index contributed by atoms with van der Waals surface area (Å²) < 4.78 is 11.6. The third kappa shape index (κ3) is 3.82. The Hall–Kier alpha value is -1.76. The standard InChI is InChI=1S/C20H28N4O2/c1-16-19(17(2)26-22-16)14-23-9-6-20(7-10-23)15-24(11-12-25-20)13-18-5-3-4-8-21-18/h3-5,8H,6-7,9-15H2,1-2H3. The quantitative estimate of drug-likeness (QED) is 0.839. The zero-order chi connectivity index (χ0) is 18.0. The molecule has 0 radical (unpaired) electrons. The fourth-order valence-corrected chi connectivity index (χ4v) is 4.15. The van der Waals surface area contributed by atoms with Crippen LogP contribution in [0.1, 0.15) is 35.6 Å². The van der Waals surface area contributed by atoms with Gasteiger partial charge in [0.05, 0.1) is 23.6 Å². The zero-order valence-corrected chi connectivity index (χ0v) is 15.8.